The van der Waals surface area contributed by atoms with Crippen LogP contribution in [0.2, 0.25) is 0 Å². The summed E-state index contributed by atoms with van der Waals surface area (Å²) in [5, 5.41) is 24.3. The van der Waals surface area contributed by atoms with Gasteiger partial charge in [-0.3, -0.25) is 10.1 Å². The largest absolute Gasteiger partial charge is 0.392 e. The summed E-state index contributed by atoms with van der Waals surface area (Å²) in [5.41, 5.74) is 0.997. The number of aliphatic hydroxyl groups is 1. The summed E-state index contributed by atoms with van der Waals surface area (Å²) in [5.74, 6) is 0.292. The molecule has 1 aromatic carbocycles. The maximum absolute atomic E-state index is 10.8. The van der Waals surface area contributed by atoms with E-state index in [2.05, 4.69) is 19.2 Å². The zero-order valence-corrected chi connectivity index (χ0v) is 13.1. The van der Waals surface area contributed by atoms with E-state index >= 15 is 0 Å². The van der Waals surface area contributed by atoms with Crippen LogP contribution in [0.15, 0.2) is 24.3 Å². The number of nitro groups is 1. The molecule has 0 heterocycles. The third-order valence-electron chi connectivity index (χ3n) is 4.06. The second kappa shape index (κ2) is 8.74. The Kier molecular flexibility index (Phi) is 7.32. The lowest BCUT2D eigenvalue weighted by Gasteiger charge is -2.24. The maximum atomic E-state index is 10.8. The van der Waals surface area contributed by atoms with Crippen molar-refractivity contribution >= 4 is 5.69 Å². The van der Waals surface area contributed by atoms with Crippen molar-refractivity contribution < 1.29 is 10.0 Å². The van der Waals surface area contributed by atoms with Crippen molar-refractivity contribution in [2.24, 2.45) is 5.92 Å². The molecule has 2 unspecified atom stereocenters. The van der Waals surface area contributed by atoms with Gasteiger partial charge in [0.15, 0.2) is 0 Å². The van der Waals surface area contributed by atoms with Crippen molar-refractivity contribution in [3.05, 3.63) is 39.9 Å². The fraction of sp³-hybridized carbons (Fsp3) is 0.625. The predicted octanol–water partition coefficient (Wildman–Crippen LogP) is 3.43. The first-order valence-corrected chi connectivity index (χ1v) is 7.69. The Bertz CT molecular complexity index is 447. The number of aliphatic hydroxyl groups excluding tert-OH is 1. The molecule has 0 amide bonds. The minimum atomic E-state index is -0.382. The summed E-state index contributed by atoms with van der Waals surface area (Å²) in [6.07, 6.45) is 2.34. The summed E-state index contributed by atoms with van der Waals surface area (Å²) < 4.78 is 0. The van der Waals surface area contributed by atoms with Crippen LogP contribution in [0.5, 0.6) is 0 Å². The minimum Gasteiger partial charge on any atom is -0.392 e. The average molecular weight is 294 g/mol. The lowest BCUT2D eigenvalue weighted by molar-refractivity contribution is -0.384. The lowest BCUT2D eigenvalue weighted by atomic mass is 9.96. The van der Waals surface area contributed by atoms with E-state index in [4.69, 9.17) is 0 Å². The van der Waals surface area contributed by atoms with E-state index in [1.165, 1.54) is 6.07 Å². The Morgan fingerprint density at radius 1 is 1.24 bits per heavy atom. The van der Waals surface area contributed by atoms with Gasteiger partial charge >= 0.3 is 0 Å². The molecule has 0 aliphatic carbocycles. The Labute approximate surface area is 126 Å². The molecule has 5 nitrogen and oxygen atoms in total. The lowest BCUT2D eigenvalue weighted by Crippen LogP contribution is -2.34. The Hall–Kier alpha value is -1.46. The number of nitrogens with zero attached hydrogens (tertiary/aromatic N) is 1. The molecule has 0 aliphatic rings. The standard InChI is InChI=1S/C16H26N2O3/c1-4-12(5-2)16(19)11-17-15(6-3)13-8-7-9-14(10-13)18(20)21/h7-10,12,15-17,19H,4-6,11H2,1-3H3. The van der Waals surface area contributed by atoms with Gasteiger partial charge in [-0.25, -0.2) is 0 Å². The van der Waals surface area contributed by atoms with E-state index in [1.807, 2.05) is 13.0 Å². The number of benzene rings is 1. The maximum Gasteiger partial charge on any atom is 0.269 e. The van der Waals surface area contributed by atoms with Crippen molar-refractivity contribution in [3.63, 3.8) is 0 Å². The third-order valence-corrected chi connectivity index (χ3v) is 4.06. The highest BCUT2D eigenvalue weighted by molar-refractivity contribution is 5.35. The van der Waals surface area contributed by atoms with Gasteiger partial charge in [0.05, 0.1) is 11.0 Å². The van der Waals surface area contributed by atoms with E-state index in [0.717, 1.165) is 24.8 Å². The van der Waals surface area contributed by atoms with Gasteiger partial charge in [-0.05, 0) is 17.9 Å². The van der Waals surface area contributed by atoms with Crippen LogP contribution in [0.3, 0.4) is 0 Å². The topological polar surface area (TPSA) is 75.4 Å². The summed E-state index contributed by atoms with van der Waals surface area (Å²) in [6.45, 7) is 6.69. The molecule has 5 heteroatoms. The van der Waals surface area contributed by atoms with Crippen LogP contribution < -0.4 is 5.32 Å². The molecule has 118 valence electrons. The molecule has 0 saturated heterocycles. The summed E-state index contributed by atoms with van der Waals surface area (Å²) >= 11 is 0. The summed E-state index contributed by atoms with van der Waals surface area (Å²) in [4.78, 5) is 10.5. The highest BCUT2D eigenvalue weighted by Crippen LogP contribution is 2.22. The molecule has 1 aromatic rings. The molecule has 0 bridgehead atoms. The van der Waals surface area contributed by atoms with E-state index in [0.29, 0.717) is 12.5 Å². The fourth-order valence-electron chi connectivity index (χ4n) is 2.62. The van der Waals surface area contributed by atoms with Crippen LogP contribution >= 0.6 is 0 Å². The quantitative estimate of drug-likeness (QED) is 0.540. The van der Waals surface area contributed by atoms with Crippen molar-refractivity contribution in [1.29, 1.82) is 0 Å². The molecule has 21 heavy (non-hydrogen) atoms. The van der Waals surface area contributed by atoms with Gasteiger partial charge in [-0.2, -0.15) is 0 Å². The number of hydrogen-bond acceptors (Lipinski definition) is 4. The van der Waals surface area contributed by atoms with Crippen molar-refractivity contribution in [2.45, 2.75) is 52.2 Å². The highest BCUT2D eigenvalue weighted by atomic mass is 16.6. The molecule has 0 radical (unpaired) electrons. The van der Waals surface area contributed by atoms with Crippen LogP contribution in [0.1, 0.15) is 51.6 Å². The SMILES string of the molecule is CCC(NCC(O)C(CC)CC)c1cccc([N+](=O)[O-])c1. The summed E-state index contributed by atoms with van der Waals surface area (Å²) in [6, 6.07) is 6.71. The smallest absolute Gasteiger partial charge is 0.269 e. The molecular formula is C16H26N2O3. The summed E-state index contributed by atoms with van der Waals surface area (Å²) in [7, 11) is 0. The van der Waals surface area contributed by atoms with Gasteiger partial charge in [0.25, 0.3) is 5.69 Å². The van der Waals surface area contributed by atoms with Gasteiger partial charge in [0, 0.05) is 24.7 Å². The van der Waals surface area contributed by atoms with Crippen molar-refractivity contribution in [3.8, 4) is 0 Å². The van der Waals surface area contributed by atoms with Crippen molar-refractivity contribution in [1.82, 2.24) is 5.32 Å². The van der Waals surface area contributed by atoms with E-state index in [9.17, 15) is 15.2 Å². The van der Waals surface area contributed by atoms with Crippen LogP contribution in [0.25, 0.3) is 0 Å². The number of non-ortho nitro benzene ring substituents is 1. The number of nitro benzene ring substituents is 1. The predicted molar refractivity (Wildman–Crippen MR) is 84.2 cm³/mol. The number of nitrogens with one attached hydrogen (secondary N) is 1. The molecule has 1 rings (SSSR count). The van der Waals surface area contributed by atoms with Gasteiger partial charge in [0.1, 0.15) is 0 Å². The zero-order valence-electron chi connectivity index (χ0n) is 13.1. The molecule has 2 atom stereocenters. The first-order chi connectivity index (χ1) is 10.0. The number of rotatable bonds is 9. The second-order valence-electron chi connectivity index (χ2n) is 5.37. The van der Waals surface area contributed by atoms with Crippen LogP contribution in [-0.2, 0) is 0 Å². The zero-order chi connectivity index (χ0) is 15.8. The van der Waals surface area contributed by atoms with Crippen LogP contribution in [0.4, 0.5) is 5.69 Å². The van der Waals surface area contributed by atoms with Crippen LogP contribution in [0, 0.1) is 16.0 Å². The molecule has 2 N–H and O–H groups in total. The monoisotopic (exact) mass is 294 g/mol. The Morgan fingerprint density at radius 3 is 2.43 bits per heavy atom. The molecule has 0 aromatic heterocycles. The van der Waals surface area contributed by atoms with Gasteiger partial charge in [-0.15, -0.1) is 0 Å². The first-order valence-electron chi connectivity index (χ1n) is 7.69. The molecule has 0 spiro atoms. The molecule has 0 saturated carbocycles. The fourth-order valence-corrected chi connectivity index (χ4v) is 2.62. The molecule has 0 fully saturated rings. The normalized spacial score (nSPS) is 14.1. The first kappa shape index (κ1) is 17.6. The van der Waals surface area contributed by atoms with Crippen molar-refractivity contribution in [2.75, 3.05) is 6.54 Å². The van der Waals surface area contributed by atoms with Gasteiger partial charge < -0.3 is 10.4 Å². The van der Waals surface area contributed by atoms with E-state index in [1.54, 1.807) is 12.1 Å². The van der Waals surface area contributed by atoms with E-state index in [-0.39, 0.29) is 22.8 Å². The van der Waals surface area contributed by atoms with Gasteiger partial charge in [0.2, 0.25) is 0 Å². The van der Waals surface area contributed by atoms with Gasteiger partial charge in [-0.1, -0.05) is 45.7 Å². The average Bonchev–Trinajstić information content (AvgIpc) is 2.49. The minimum absolute atomic E-state index is 0.0221. The Morgan fingerprint density at radius 2 is 1.90 bits per heavy atom. The van der Waals surface area contributed by atoms with E-state index < -0.39 is 0 Å². The molecule has 0 aliphatic heterocycles. The third kappa shape index (κ3) is 5.10. The number of hydrogen-bond donors (Lipinski definition) is 2. The molecular weight excluding hydrogens is 268 g/mol. The highest BCUT2D eigenvalue weighted by Gasteiger charge is 2.18. The van der Waals surface area contributed by atoms with Crippen LogP contribution in [-0.4, -0.2) is 22.7 Å². The Balaban J connectivity index is 2.71. The second-order valence-corrected chi connectivity index (χ2v) is 5.37.